The van der Waals surface area contributed by atoms with Gasteiger partial charge in [0.25, 0.3) is 10.2 Å². The SMILES string of the molecule is CCN(CC1CC1)S(=O)(=O)N1C[C@@H](N)[C@H](c2cn(C)cn2)C1. The molecule has 1 aliphatic carbocycles. The zero-order valence-corrected chi connectivity index (χ0v) is 14.0. The standard InChI is InChI=1S/C14H25N5O2S/c1-3-18(6-11-4-5-11)22(20,21)19-7-12(13(15)8-19)14-9-17(2)10-16-14/h9-13H,3-8,15H2,1-2H3/t12-,13-/m1/s1. The highest BCUT2D eigenvalue weighted by molar-refractivity contribution is 7.86. The summed E-state index contributed by atoms with van der Waals surface area (Å²) in [5.74, 6) is 0.508. The van der Waals surface area contributed by atoms with E-state index in [1.165, 1.54) is 4.31 Å². The second-order valence-electron chi connectivity index (χ2n) is 6.45. The van der Waals surface area contributed by atoms with Gasteiger partial charge in [0.1, 0.15) is 0 Å². The molecule has 2 fully saturated rings. The van der Waals surface area contributed by atoms with Gasteiger partial charge in [0, 0.05) is 51.4 Å². The van der Waals surface area contributed by atoms with Crippen LogP contribution in [0.2, 0.25) is 0 Å². The molecule has 0 radical (unpaired) electrons. The summed E-state index contributed by atoms with van der Waals surface area (Å²) in [6.07, 6.45) is 5.93. The molecule has 1 saturated heterocycles. The molecule has 2 aliphatic rings. The van der Waals surface area contributed by atoms with E-state index in [9.17, 15) is 8.42 Å². The summed E-state index contributed by atoms with van der Waals surface area (Å²) >= 11 is 0. The highest BCUT2D eigenvalue weighted by Crippen LogP contribution is 2.32. The van der Waals surface area contributed by atoms with Crippen molar-refractivity contribution in [3.05, 3.63) is 18.2 Å². The predicted octanol–water partition coefficient (Wildman–Crippen LogP) is 0.123. The third kappa shape index (κ3) is 3.05. The summed E-state index contributed by atoms with van der Waals surface area (Å²) in [5, 5.41) is 0. The molecule has 2 heterocycles. The third-order valence-electron chi connectivity index (χ3n) is 4.60. The van der Waals surface area contributed by atoms with Crippen LogP contribution in [0.5, 0.6) is 0 Å². The van der Waals surface area contributed by atoms with Gasteiger partial charge in [-0.05, 0) is 18.8 Å². The first-order valence-electron chi connectivity index (χ1n) is 7.90. The molecule has 22 heavy (non-hydrogen) atoms. The van der Waals surface area contributed by atoms with E-state index in [4.69, 9.17) is 5.73 Å². The van der Waals surface area contributed by atoms with Crippen LogP contribution in [0.25, 0.3) is 0 Å². The molecule has 3 rings (SSSR count). The summed E-state index contributed by atoms with van der Waals surface area (Å²) < 4.78 is 30.6. The highest BCUT2D eigenvalue weighted by atomic mass is 32.2. The van der Waals surface area contributed by atoms with Crippen molar-refractivity contribution in [2.24, 2.45) is 18.7 Å². The number of nitrogens with two attached hydrogens (primary N) is 1. The van der Waals surface area contributed by atoms with E-state index in [0.717, 1.165) is 18.5 Å². The van der Waals surface area contributed by atoms with Gasteiger partial charge >= 0.3 is 0 Å². The lowest BCUT2D eigenvalue weighted by Gasteiger charge is -2.26. The molecule has 124 valence electrons. The molecule has 1 aromatic rings. The van der Waals surface area contributed by atoms with E-state index in [-0.39, 0.29) is 12.0 Å². The van der Waals surface area contributed by atoms with E-state index in [2.05, 4.69) is 4.98 Å². The van der Waals surface area contributed by atoms with Crippen LogP contribution in [0.4, 0.5) is 0 Å². The topological polar surface area (TPSA) is 84.5 Å². The zero-order chi connectivity index (χ0) is 15.9. The Morgan fingerprint density at radius 1 is 1.41 bits per heavy atom. The molecule has 0 aromatic carbocycles. The van der Waals surface area contributed by atoms with Gasteiger partial charge in [-0.2, -0.15) is 17.0 Å². The minimum atomic E-state index is -3.42. The quantitative estimate of drug-likeness (QED) is 0.804. The molecule has 0 unspecified atom stereocenters. The van der Waals surface area contributed by atoms with Crippen molar-refractivity contribution < 1.29 is 8.42 Å². The van der Waals surface area contributed by atoms with Crippen molar-refractivity contribution in [1.82, 2.24) is 18.2 Å². The lowest BCUT2D eigenvalue weighted by atomic mass is 10.0. The van der Waals surface area contributed by atoms with Crippen molar-refractivity contribution in [3.8, 4) is 0 Å². The smallest absolute Gasteiger partial charge is 0.282 e. The molecule has 0 spiro atoms. The van der Waals surface area contributed by atoms with Crippen LogP contribution < -0.4 is 5.73 Å². The third-order valence-corrected chi connectivity index (χ3v) is 6.61. The van der Waals surface area contributed by atoms with Gasteiger partial charge < -0.3 is 10.3 Å². The fourth-order valence-electron chi connectivity index (χ4n) is 3.06. The number of hydrogen-bond donors (Lipinski definition) is 1. The first kappa shape index (κ1) is 15.9. The second-order valence-corrected chi connectivity index (χ2v) is 8.38. The van der Waals surface area contributed by atoms with Crippen LogP contribution in [-0.4, -0.2) is 58.8 Å². The van der Waals surface area contributed by atoms with E-state index in [1.807, 2.05) is 24.7 Å². The molecule has 8 heteroatoms. The van der Waals surface area contributed by atoms with Crippen molar-refractivity contribution in [2.75, 3.05) is 26.2 Å². The Morgan fingerprint density at radius 3 is 2.68 bits per heavy atom. The van der Waals surface area contributed by atoms with Crippen molar-refractivity contribution in [1.29, 1.82) is 0 Å². The Morgan fingerprint density at radius 2 is 2.14 bits per heavy atom. The number of imidazole rings is 1. The number of hydrogen-bond acceptors (Lipinski definition) is 4. The van der Waals surface area contributed by atoms with Crippen molar-refractivity contribution >= 4 is 10.2 Å². The van der Waals surface area contributed by atoms with Gasteiger partial charge in [-0.3, -0.25) is 0 Å². The maximum Gasteiger partial charge on any atom is 0.282 e. The number of rotatable bonds is 6. The van der Waals surface area contributed by atoms with E-state index in [0.29, 0.717) is 32.1 Å². The van der Waals surface area contributed by atoms with Crippen LogP contribution >= 0.6 is 0 Å². The maximum atomic E-state index is 12.8. The number of aryl methyl sites for hydroxylation is 1. The minimum Gasteiger partial charge on any atom is -0.340 e. The molecule has 0 bridgehead atoms. The maximum absolute atomic E-state index is 12.8. The van der Waals surface area contributed by atoms with Crippen LogP contribution in [-0.2, 0) is 17.3 Å². The van der Waals surface area contributed by atoms with Crippen LogP contribution in [0.1, 0.15) is 31.4 Å². The normalized spacial score (nSPS) is 26.9. The van der Waals surface area contributed by atoms with E-state index < -0.39 is 10.2 Å². The Bertz CT molecular complexity index is 625. The Kier molecular flexibility index (Phi) is 4.28. The van der Waals surface area contributed by atoms with E-state index in [1.54, 1.807) is 10.6 Å². The first-order valence-corrected chi connectivity index (χ1v) is 9.30. The van der Waals surface area contributed by atoms with Gasteiger partial charge in [-0.1, -0.05) is 6.92 Å². The zero-order valence-electron chi connectivity index (χ0n) is 13.2. The fourth-order valence-corrected chi connectivity index (χ4v) is 4.82. The molecule has 1 aliphatic heterocycles. The summed E-state index contributed by atoms with van der Waals surface area (Å²) in [5.41, 5.74) is 7.06. The second kappa shape index (κ2) is 5.92. The average Bonchev–Trinajstić information content (AvgIpc) is 3.06. The minimum absolute atomic E-state index is 0.0318. The summed E-state index contributed by atoms with van der Waals surface area (Å²) in [6.45, 7) is 3.83. The molecule has 2 atom stereocenters. The van der Waals surface area contributed by atoms with Gasteiger partial charge in [0.15, 0.2) is 0 Å². The monoisotopic (exact) mass is 327 g/mol. The molecular formula is C14H25N5O2S. The Hall–Kier alpha value is -0.960. The lowest BCUT2D eigenvalue weighted by molar-refractivity contribution is 0.358. The van der Waals surface area contributed by atoms with Gasteiger partial charge in [0.05, 0.1) is 12.0 Å². The predicted molar refractivity (Wildman–Crippen MR) is 84.4 cm³/mol. The molecule has 1 aromatic heterocycles. The van der Waals surface area contributed by atoms with Gasteiger partial charge in [-0.25, -0.2) is 4.98 Å². The molecule has 7 nitrogen and oxygen atoms in total. The van der Waals surface area contributed by atoms with Crippen LogP contribution in [0.3, 0.4) is 0 Å². The summed E-state index contributed by atoms with van der Waals surface area (Å²) in [4.78, 5) is 4.34. The molecule has 0 amide bonds. The number of nitrogens with zero attached hydrogens (tertiary/aromatic N) is 4. The molecule has 1 saturated carbocycles. The Balaban J connectivity index is 1.74. The number of aromatic nitrogens is 2. The molecular weight excluding hydrogens is 302 g/mol. The molecule has 2 N–H and O–H groups in total. The van der Waals surface area contributed by atoms with E-state index >= 15 is 0 Å². The van der Waals surface area contributed by atoms with Gasteiger partial charge in [-0.15, -0.1) is 0 Å². The van der Waals surface area contributed by atoms with Crippen molar-refractivity contribution in [3.63, 3.8) is 0 Å². The average molecular weight is 327 g/mol. The Labute approximate surface area is 132 Å². The fraction of sp³-hybridized carbons (Fsp3) is 0.786. The van der Waals surface area contributed by atoms with Crippen LogP contribution in [0.15, 0.2) is 12.5 Å². The highest BCUT2D eigenvalue weighted by Gasteiger charge is 2.41. The van der Waals surface area contributed by atoms with Gasteiger partial charge in [0.2, 0.25) is 0 Å². The summed E-state index contributed by atoms with van der Waals surface area (Å²) in [7, 11) is -1.52. The van der Waals surface area contributed by atoms with Crippen LogP contribution in [0, 0.1) is 5.92 Å². The summed E-state index contributed by atoms with van der Waals surface area (Å²) in [6, 6.07) is -0.204. The first-order chi connectivity index (χ1) is 10.4. The van der Waals surface area contributed by atoms with Crippen molar-refractivity contribution in [2.45, 2.75) is 31.7 Å². The largest absolute Gasteiger partial charge is 0.340 e. The lowest BCUT2D eigenvalue weighted by Crippen LogP contribution is -2.44.